The van der Waals surface area contributed by atoms with E-state index in [0.29, 0.717) is 37.6 Å². The molecule has 0 bridgehead atoms. The average molecular weight is 281 g/mol. The minimum absolute atomic E-state index is 0.0383. The first kappa shape index (κ1) is 15.2. The third-order valence-corrected chi connectivity index (χ3v) is 3.30. The van der Waals surface area contributed by atoms with Crippen molar-refractivity contribution in [3.63, 3.8) is 0 Å². The Bertz CT molecular complexity index is 459. The van der Waals surface area contributed by atoms with E-state index in [-0.39, 0.29) is 17.5 Å². The predicted octanol–water partition coefficient (Wildman–Crippen LogP) is 2.33. The lowest BCUT2D eigenvalue weighted by atomic mass is 10.1. The van der Waals surface area contributed by atoms with Gasteiger partial charge in [0.05, 0.1) is 12.7 Å². The number of halogens is 1. The molecule has 1 N–H and O–H groups in total. The van der Waals surface area contributed by atoms with Gasteiger partial charge in [-0.15, -0.1) is 0 Å². The molecular formula is C15H24FN3O. The molecule has 1 aromatic heterocycles. The Morgan fingerprint density at radius 2 is 2.25 bits per heavy atom. The molecule has 2 heterocycles. The van der Waals surface area contributed by atoms with E-state index < -0.39 is 0 Å². The van der Waals surface area contributed by atoms with Gasteiger partial charge in [0.25, 0.3) is 0 Å². The highest BCUT2D eigenvalue weighted by atomic mass is 19.1. The quantitative estimate of drug-likeness (QED) is 0.923. The maximum absolute atomic E-state index is 14.6. The fourth-order valence-corrected chi connectivity index (χ4v) is 2.20. The summed E-state index contributed by atoms with van der Waals surface area (Å²) in [4.78, 5) is 6.17. The van der Waals surface area contributed by atoms with Crippen molar-refractivity contribution in [3.8, 4) is 0 Å². The molecule has 0 aliphatic carbocycles. The van der Waals surface area contributed by atoms with Crippen LogP contribution >= 0.6 is 0 Å². The van der Waals surface area contributed by atoms with Crippen LogP contribution in [0.3, 0.4) is 0 Å². The minimum Gasteiger partial charge on any atom is -0.375 e. The van der Waals surface area contributed by atoms with Gasteiger partial charge in [0.2, 0.25) is 0 Å². The number of pyridine rings is 1. The Morgan fingerprint density at radius 1 is 1.50 bits per heavy atom. The maximum Gasteiger partial charge on any atom is 0.170 e. The van der Waals surface area contributed by atoms with E-state index in [1.165, 1.54) is 0 Å². The van der Waals surface area contributed by atoms with Gasteiger partial charge in [0, 0.05) is 36.9 Å². The first-order chi connectivity index (χ1) is 9.37. The first-order valence-corrected chi connectivity index (χ1v) is 7.12. The number of hydrogen-bond acceptors (Lipinski definition) is 4. The summed E-state index contributed by atoms with van der Waals surface area (Å²) < 4.78 is 20.1. The molecule has 2 rings (SSSR count). The molecule has 1 unspecified atom stereocenters. The van der Waals surface area contributed by atoms with Gasteiger partial charge in [-0.3, -0.25) is 0 Å². The van der Waals surface area contributed by atoms with Gasteiger partial charge in [0.15, 0.2) is 11.6 Å². The number of nitrogens with zero attached hydrogens (tertiary/aromatic N) is 2. The second-order valence-electron chi connectivity index (χ2n) is 6.34. The van der Waals surface area contributed by atoms with E-state index in [4.69, 9.17) is 4.74 Å². The zero-order chi connectivity index (χ0) is 14.8. The number of aromatic nitrogens is 1. The van der Waals surface area contributed by atoms with Crippen LogP contribution in [-0.4, -0.2) is 36.3 Å². The molecule has 1 fully saturated rings. The summed E-state index contributed by atoms with van der Waals surface area (Å²) in [5.41, 5.74) is 0.618. The summed E-state index contributed by atoms with van der Waals surface area (Å²) in [6.07, 6.45) is 1.79. The van der Waals surface area contributed by atoms with Crippen molar-refractivity contribution in [2.24, 2.45) is 0 Å². The maximum atomic E-state index is 14.6. The van der Waals surface area contributed by atoms with E-state index in [1.807, 2.05) is 11.8 Å². The molecule has 1 saturated heterocycles. The Labute approximate surface area is 120 Å². The van der Waals surface area contributed by atoms with Crippen molar-refractivity contribution < 1.29 is 9.13 Å². The summed E-state index contributed by atoms with van der Waals surface area (Å²) in [5, 5.41) is 3.31. The third kappa shape index (κ3) is 3.90. The van der Waals surface area contributed by atoms with Gasteiger partial charge in [-0.2, -0.15) is 0 Å². The Kier molecular flexibility index (Phi) is 4.60. The fraction of sp³-hybridized carbons (Fsp3) is 0.667. The summed E-state index contributed by atoms with van der Waals surface area (Å²) in [7, 11) is 0. The summed E-state index contributed by atoms with van der Waals surface area (Å²) in [6.45, 7) is 10.7. The van der Waals surface area contributed by atoms with Crippen molar-refractivity contribution in [3.05, 3.63) is 23.6 Å². The fourth-order valence-electron chi connectivity index (χ4n) is 2.20. The monoisotopic (exact) mass is 281 g/mol. The summed E-state index contributed by atoms with van der Waals surface area (Å²) >= 11 is 0. The number of hydrogen-bond donors (Lipinski definition) is 1. The van der Waals surface area contributed by atoms with Crippen LogP contribution in [0.15, 0.2) is 12.3 Å². The van der Waals surface area contributed by atoms with Crippen LogP contribution in [-0.2, 0) is 11.3 Å². The van der Waals surface area contributed by atoms with Crippen LogP contribution in [0.4, 0.5) is 10.2 Å². The molecule has 20 heavy (non-hydrogen) atoms. The largest absolute Gasteiger partial charge is 0.375 e. The van der Waals surface area contributed by atoms with E-state index in [0.717, 1.165) is 0 Å². The highest BCUT2D eigenvalue weighted by Crippen LogP contribution is 2.22. The van der Waals surface area contributed by atoms with Gasteiger partial charge in [-0.1, -0.05) is 0 Å². The number of rotatable bonds is 3. The molecule has 0 radical (unpaired) electrons. The predicted molar refractivity (Wildman–Crippen MR) is 78.4 cm³/mol. The van der Waals surface area contributed by atoms with Crippen molar-refractivity contribution in [1.82, 2.24) is 10.3 Å². The van der Waals surface area contributed by atoms with Gasteiger partial charge in [-0.25, -0.2) is 9.37 Å². The molecule has 1 aromatic rings. The Balaban J connectivity index is 2.14. The van der Waals surface area contributed by atoms with Crippen molar-refractivity contribution in [2.75, 3.05) is 24.6 Å². The molecule has 0 spiro atoms. The zero-order valence-electron chi connectivity index (χ0n) is 12.7. The smallest absolute Gasteiger partial charge is 0.170 e. The number of anilines is 1. The standard InChI is InChI=1S/C15H24FN3O/c1-11-10-19(7-8-20-11)14-13(16)12(5-6-17-14)9-18-15(2,3)4/h5-6,11,18H,7-10H2,1-4H3. The Hall–Kier alpha value is -1.20. The molecule has 5 heteroatoms. The van der Waals surface area contributed by atoms with E-state index >= 15 is 0 Å². The topological polar surface area (TPSA) is 37.4 Å². The normalized spacial score (nSPS) is 20.2. The Morgan fingerprint density at radius 3 is 2.90 bits per heavy atom. The minimum atomic E-state index is -0.224. The van der Waals surface area contributed by atoms with Crippen LogP contribution in [0.2, 0.25) is 0 Å². The molecular weight excluding hydrogens is 257 g/mol. The second kappa shape index (κ2) is 6.06. The van der Waals surface area contributed by atoms with Crippen molar-refractivity contribution in [1.29, 1.82) is 0 Å². The summed E-state index contributed by atoms with van der Waals surface area (Å²) in [5.74, 6) is 0.215. The molecule has 0 saturated carbocycles. The van der Waals surface area contributed by atoms with Gasteiger partial charge in [0.1, 0.15) is 0 Å². The third-order valence-electron chi connectivity index (χ3n) is 3.30. The number of morpholine rings is 1. The highest BCUT2D eigenvalue weighted by molar-refractivity contribution is 5.43. The number of nitrogens with one attached hydrogen (secondary N) is 1. The van der Waals surface area contributed by atoms with Gasteiger partial charge >= 0.3 is 0 Å². The highest BCUT2D eigenvalue weighted by Gasteiger charge is 2.22. The lowest BCUT2D eigenvalue weighted by Crippen LogP contribution is -2.42. The SMILES string of the molecule is CC1CN(c2nccc(CNC(C)(C)C)c2F)CCO1. The van der Waals surface area contributed by atoms with Crippen LogP contribution < -0.4 is 10.2 Å². The van der Waals surface area contributed by atoms with Crippen LogP contribution in [0.1, 0.15) is 33.3 Å². The van der Waals surface area contributed by atoms with Crippen molar-refractivity contribution in [2.45, 2.75) is 45.9 Å². The van der Waals surface area contributed by atoms with E-state index in [9.17, 15) is 4.39 Å². The van der Waals surface area contributed by atoms with E-state index in [1.54, 1.807) is 12.3 Å². The average Bonchev–Trinajstić information content (AvgIpc) is 2.36. The van der Waals surface area contributed by atoms with Crippen molar-refractivity contribution >= 4 is 5.82 Å². The molecule has 0 amide bonds. The molecule has 0 aromatic carbocycles. The summed E-state index contributed by atoms with van der Waals surface area (Å²) in [6, 6.07) is 1.74. The van der Waals surface area contributed by atoms with Gasteiger partial charge in [-0.05, 0) is 33.8 Å². The molecule has 1 atom stereocenters. The molecule has 4 nitrogen and oxygen atoms in total. The lowest BCUT2D eigenvalue weighted by molar-refractivity contribution is 0.0527. The zero-order valence-corrected chi connectivity index (χ0v) is 12.7. The van der Waals surface area contributed by atoms with Gasteiger partial charge < -0.3 is 15.0 Å². The number of ether oxygens (including phenoxy) is 1. The van der Waals surface area contributed by atoms with Crippen LogP contribution in [0.5, 0.6) is 0 Å². The van der Waals surface area contributed by atoms with E-state index in [2.05, 4.69) is 31.1 Å². The molecule has 1 aliphatic rings. The molecule has 1 aliphatic heterocycles. The lowest BCUT2D eigenvalue weighted by Gasteiger charge is -2.32. The first-order valence-electron chi connectivity index (χ1n) is 7.12. The van der Waals surface area contributed by atoms with Crippen LogP contribution in [0, 0.1) is 5.82 Å². The second-order valence-corrected chi connectivity index (χ2v) is 6.34. The molecule has 112 valence electrons. The van der Waals surface area contributed by atoms with Crippen LogP contribution in [0.25, 0.3) is 0 Å².